The Bertz CT molecular complexity index is 736. The number of carbonyl (C=O) groups excluding carboxylic acids is 1. The van der Waals surface area contributed by atoms with Crippen molar-refractivity contribution in [3.8, 4) is 12.3 Å². The maximum Gasteiger partial charge on any atom is 0.325 e. The van der Waals surface area contributed by atoms with Crippen LogP contribution in [0.3, 0.4) is 0 Å². The third kappa shape index (κ3) is 4.88. The molecule has 0 aromatic carbocycles. The Balaban J connectivity index is 1.42. The number of aromatic nitrogens is 2. The van der Waals surface area contributed by atoms with Crippen molar-refractivity contribution in [3.05, 3.63) is 48.4 Å². The highest BCUT2D eigenvalue weighted by Gasteiger charge is 2.21. The number of piperidine rings is 1. The number of nitrogens with one attached hydrogen (secondary N) is 2. The fourth-order valence-corrected chi connectivity index (χ4v) is 3.17. The van der Waals surface area contributed by atoms with Gasteiger partial charge in [-0.3, -0.25) is 9.71 Å². The average molecular weight is 353 g/mol. The Morgan fingerprint density at radius 1 is 1.28 bits per heavy atom. The van der Waals surface area contributed by atoms with Crippen LogP contribution in [0, 0.1) is 12.3 Å². The van der Waals surface area contributed by atoms with E-state index in [1.807, 2.05) is 24.3 Å². The van der Waals surface area contributed by atoms with E-state index in [1.165, 1.54) is 11.9 Å². The molecule has 1 aliphatic heterocycles. The van der Waals surface area contributed by atoms with Crippen molar-refractivity contribution in [1.82, 2.24) is 20.0 Å². The van der Waals surface area contributed by atoms with Crippen LogP contribution in [0.4, 0.5) is 10.6 Å². The average Bonchev–Trinajstić information content (AvgIpc) is 2.68. The van der Waals surface area contributed by atoms with E-state index in [0.717, 1.165) is 42.2 Å². The number of terminal acetylenes is 1. The quantitative estimate of drug-likeness (QED) is 0.653. The van der Waals surface area contributed by atoms with Crippen molar-refractivity contribution in [2.24, 2.45) is 0 Å². The molecule has 0 radical (unpaired) electrons. The van der Waals surface area contributed by atoms with E-state index in [1.54, 1.807) is 18.6 Å². The zero-order valence-corrected chi connectivity index (χ0v) is 14.5. The first kappa shape index (κ1) is 17.1. The van der Waals surface area contributed by atoms with Gasteiger partial charge in [0.15, 0.2) is 0 Å². The third-order valence-electron chi connectivity index (χ3n) is 3.96. The number of urea groups is 1. The van der Waals surface area contributed by atoms with Crippen LogP contribution in [-0.4, -0.2) is 35.1 Å². The van der Waals surface area contributed by atoms with Gasteiger partial charge in [-0.2, -0.15) is 0 Å². The summed E-state index contributed by atoms with van der Waals surface area (Å²) in [4.78, 5) is 23.5. The molecule has 0 bridgehead atoms. The van der Waals surface area contributed by atoms with Gasteiger partial charge in [0, 0.05) is 48.2 Å². The minimum absolute atomic E-state index is 0.163. The molecule has 1 saturated heterocycles. The van der Waals surface area contributed by atoms with E-state index < -0.39 is 0 Å². The monoisotopic (exact) mass is 353 g/mol. The van der Waals surface area contributed by atoms with Gasteiger partial charge in [0.2, 0.25) is 0 Å². The molecule has 3 heterocycles. The SMILES string of the molecule is C#Cc1ccc(N2CCC(NC(=O)NSc3cccnc3)CC2)nc1. The summed E-state index contributed by atoms with van der Waals surface area (Å²) in [7, 11) is 0. The summed E-state index contributed by atoms with van der Waals surface area (Å²) < 4.78 is 2.78. The lowest BCUT2D eigenvalue weighted by atomic mass is 10.1. The van der Waals surface area contributed by atoms with E-state index in [-0.39, 0.29) is 12.1 Å². The molecule has 3 rings (SSSR count). The minimum Gasteiger partial charge on any atom is -0.356 e. The highest BCUT2D eigenvalue weighted by atomic mass is 32.2. The summed E-state index contributed by atoms with van der Waals surface area (Å²) in [6, 6.07) is 7.56. The Labute approximate surface area is 151 Å². The maximum absolute atomic E-state index is 12.0. The molecule has 0 unspecified atom stereocenters. The first-order valence-electron chi connectivity index (χ1n) is 8.05. The van der Waals surface area contributed by atoms with E-state index in [9.17, 15) is 4.79 Å². The number of amides is 2. The van der Waals surface area contributed by atoms with Crippen LogP contribution in [0.1, 0.15) is 18.4 Å². The highest BCUT2D eigenvalue weighted by molar-refractivity contribution is 7.98. The number of hydrogen-bond acceptors (Lipinski definition) is 5. The van der Waals surface area contributed by atoms with Gasteiger partial charge in [-0.05, 0) is 49.1 Å². The molecule has 7 heteroatoms. The van der Waals surface area contributed by atoms with Crippen molar-refractivity contribution in [2.45, 2.75) is 23.8 Å². The molecule has 2 N–H and O–H groups in total. The highest BCUT2D eigenvalue weighted by Crippen LogP contribution is 2.18. The first-order valence-corrected chi connectivity index (χ1v) is 8.87. The molecule has 2 aromatic heterocycles. The molecular weight excluding hydrogens is 334 g/mol. The summed E-state index contributed by atoms with van der Waals surface area (Å²) in [5, 5.41) is 3.01. The van der Waals surface area contributed by atoms with Crippen LogP contribution in [0.15, 0.2) is 47.8 Å². The zero-order chi connectivity index (χ0) is 17.5. The van der Waals surface area contributed by atoms with Gasteiger partial charge in [-0.15, -0.1) is 6.42 Å². The van der Waals surface area contributed by atoms with Crippen molar-refractivity contribution in [2.75, 3.05) is 18.0 Å². The summed E-state index contributed by atoms with van der Waals surface area (Å²) in [5.41, 5.74) is 0.781. The van der Waals surface area contributed by atoms with Gasteiger partial charge >= 0.3 is 6.03 Å². The van der Waals surface area contributed by atoms with Crippen LogP contribution in [0.25, 0.3) is 0 Å². The van der Waals surface area contributed by atoms with Crippen molar-refractivity contribution in [3.63, 3.8) is 0 Å². The van der Waals surface area contributed by atoms with Gasteiger partial charge in [-0.1, -0.05) is 5.92 Å². The Kier molecular flexibility index (Phi) is 5.75. The summed E-state index contributed by atoms with van der Waals surface area (Å²) in [6.07, 6.45) is 12.2. The minimum atomic E-state index is -0.177. The number of carbonyl (C=O) groups is 1. The van der Waals surface area contributed by atoms with Gasteiger partial charge in [0.25, 0.3) is 0 Å². The van der Waals surface area contributed by atoms with Gasteiger partial charge in [0.1, 0.15) is 5.82 Å². The van der Waals surface area contributed by atoms with E-state index >= 15 is 0 Å². The Morgan fingerprint density at radius 2 is 2.12 bits per heavy atom. The molecule has 2 aromatic rings. The predicted molar refractivity (Wildman–Crippen MR) is 99.2 cm³/mol. The van der Waals surface area contributed by atoms with Crippen LogP contribution in [-0.2, 0) is 0 Å². The lowest BCUT2D eigenvalue weighted by molar-refractivity contribution is 0.240. The molecule has 0 atom stereocenters. The van der Waals surface area contributed by atoms with E-state index in [4.69, 9.17) is 6.42 Å². The summed E-state index contributed by atoms with van der Waals surface area (Å²) in [6.45, 7) is 1.70. The van der Waals surface area contributed by atoms with Gasteiger partial charge in [-0.25, -0.2) is 9.78 Å². The van der Waals surface area contributed by atoms with Gasteiger partial charge in [0.05, 0.1) is 0 Å². The molecule has 0 spiro atoms. The second-order valence-electron chi connectivity index (χ2n) is 5.68. The standard InChI is InChI=1S/C18H19N5OS/c1-2-14-5-6-17(20-12-14)23-10-7-15(8-11-23)21-18(24)22-25-16-4-3-9-19-13-16/h1,3-6,9,12-13,15H,7-8,10-11H2,(H2,21,22,24). The Hall–Kier alpha value is -2.72. The molecule has 1 aliphatic rings. The number of hydrogen-bond donors (Lipinski definition) is 2. The summed E-state index contributed by atoms with van der Waals surface area (Å²) >= 11 is 1.26. The molecule has 1 fully saturated rings. The lowest BCUT2D eigenvalue weighted by Gasteiger charge is -2.33. The van der Waals surface area contributed by atoms with Gasteiger partial charge < -0.3 is 10.2 Å². The molecule has 2 amide bonds. The smallest absolute Gasteiger partial charge is 0.325 e. The lowest BCUT2D eigenvalue weighted by Crippen LogP contribution is -2.47. The maximum atomic E-state index is 12.0. The number of anilines is 1. The number of rotatable bonds is 4. The molecule has 6 nitrogen and oxygen atoms in total. The molecule has 128 valence electrons. The van der Waals surface area contributed by atoms with Crippen molar-refractivity contribution < 1.29 is 4.79 Å². The number of pyridine rings is 2. The van der Waals surface area contributed by atoms with Crippen molar-refractivity contribution in [1.29, 1.82) is 0 Å². The largest absolute Gasteiger partial charge is 0.356 e. The first-order chi connectivity index (χ1) is 12.2. The van der Waals surface area contributed by atoms with Crippen molar-refractivity contribution >= 4 is 23.8 Å². The molecule has 0 aliphatic carbocycles. The fourth-order valence-electron chi connectivity index (χ4n) is 2.64. The summed E-state index contributed by atoms with van der Waals surface area (Å²) in [5.74, 6) is 3.49. The molecule has 0 saturated carbocycles. The Morgan fingerprint density at radius 3 is 2.76 bits per heavy atom. The molecular formula is C18H19N5OS. The van der Waals surface area contributed by atoms with Crippen LogP contribution < -0.4 is 14.9 Å². The normalized spacial score (nSPS) is 14.6. The topological polar surface area (TPSA) is 70.2 Å². The van der Waals surface area contributed by atoms with Crippen LogP contribution in [0.2, 0.25) is 0 Å². The van der Waals surface area contributed by atoms with E-state index in [0.29, 0.717) is 0 Å². The number of nitrogens with zero attached hydrogens (tertiary/aromatic N) is 3. The van der Waals surface area contributed by atoms with E-state index in [2.05, 4.69) is 30.8 Å². The van der Waals surface area contributed by atoms with Crippen LogP contribution >= 0.6 is 11.9 Å². The third-order valence-corrected chi connectivity index (χ3v) is 4.73. The van der Waals surface area contributed by atoms with Crippen LogP contribution in [0.5, 0.6) is 0 Å². The fraction of sp³-hybridized carbons (Fsp3) is 0.278. The second kappa shape index (κ2) is 8.40. The predicted octanol–water partition coefficient (Wildman–Crippen LogP) is 2.43. The molecule has 25 heavy (non-hydrogen) atoms. The second-order valence-corrected chi connectivity index (χ2v) is 6.56. The zero-order valence-electron chi connectivity index (χ0n) is 13.7.